The SMILES string of the molecule is Cc1cc2c(NC(CN)C(C)C)ncnc2s1. The van der Waals surface area contributed by atoms with Gasteiger partial charge in [-0.15, -0.1) is 11.3 Å². The monoisotopic (exact) mass is 250 g/mol. The lowest BCUT2D eigenvalue weighted by atomic mass is 10.0. The van der Waals surface area contributed by atoms with Gasteiger partial charge in [0, 0.05) is 17.5 Å². The Balaban J connectivity index is 2.34. The number of nitrogens with zero attached hydrogens (tertiary/aromatic N) is 2. The highest BCUT2D eigenvalue weighted by Gasteiger charge is 2.14. The van der Waals surface area contributed by atoms with Crippen LogP contribution in [0.1, 0.15) is 18.7 Å². The Kier molecular flexibility index (Phi) is 3.59. The summed E-state index contributed by atoms with van der Waals surface area (Å²) in [5.41, 5.74) is 5.77. The molecule has 0 amide bonds. The van der Waals surface area contributed by atoms with Crippen LogP contribution in [0.25, 0.3) is 10.2 Å². The van der Waals surface area contributed by atoms with Crippen molar-refractivity contribution >= 4 is 27.4 Å². The van der Waals surface area contributed by atoms with Crippen molar-refractivity contribution in [1.29, 1.82) is 0 Å². The number of aromatic nitrogens is 2. The van der Waals surface area contributed by atoms with Crippen molar-refractivity contribution in [2.75, 3.05) is 11.9 Å². The Labute approximate surface area is 105 Å². The molecule has 1 unspecified atom stereocenters. The first-order valence-corrected chi connectivity index (χ1v) is 6.61. The van der Waals surface area contributed by atoms with Crippen molar-refractivity contribution in [3.63, 3.8) is 0 Å². The fourth-order valence-electron chi connectivity index (χ4n) is 1.76. The molecule has 2 aromatic heterocycles. The van der Waals surface area contributed by atoms with Crippen LogP contribution in [0.2, 0.25) is 0 Å². The summed E-state index contributed by atoms with van der Waals surface area (Å²) >= 11 is 1.69. The Bertz CT molecular complexity index is 506. The number of thiophene rings is 1. The third kappa shape index (κ3) is 2.56. The summed E-state index contributed by atoms with van der Waals surface area (Å²) < 4.78 is 0. The van der Waals surface area contributed by atoms with E-state index >= 15 is 0 Å². The molecular weight excluding hydrogens is 232 g/mol. The number of rotatable bonds is 4. The third-order valence-corrected chi connectivity index (χ3v) is 3.79. The maximum Gasteiger partial charge on any atom is 0.138 e. The quantitative estimate of drug-likeness (QED) is 0.874. The second-order valence-corrected chi connectivity index (χ2v) is 5.76. The second-order valence-electron chi connectivity index (χ2n) is 4.53. The summed E-state index contributed by atoms with van der Waals surface area (Å²) in [6.07, 6.45) is 1.61. The van der Waals surface area contributed by atoms with Crippen molar-refractivity contribution < 1.29 is 0 Å². The zero-order valence-electron chi connectivity index (χ0n) is 10.4. The van der Waals surface area contributed by atoms with Gasteiger partial charge in [0.1, 0.15) is 17.0 Å². The van der Waals surface area contributed by atoms with Gasteiger partial charge in [0.25, 0.3) is 0 Å². The number of nitrogens with two attached hydrogens (primary N) is 1. The van der Waals surface area contributed by atoms with Gasteiger partial charge >= 0.3 is 0 Å². The largest absolute Gasteiger partial charge is 0.365 e. The van der Waals surface area contributed by atoms with Crippen LogP contribution in [-0.2, 0) is 0 Å². The van der Waals surface area contributed by atoms with Crippen LogP contribution in [0.4, 0.5) is 5.82 Å². The van der Waals surface area contributed by atoms with Crippen LogP contribution in [-0.4, -0.2) is 22.6 Å². The zero-order chi connectivity index (χ0) is 12.4. The molecular formula is C12H18N4S. The van der Waals surface area contributed by atoms with E-state index in [2.05, 4.69) is 42.1 Å². The lowest BCUT2D eigenvalue weighted by Gasteiger charge is -2.21. The Morgan fingerprint density at radius 1 is 1.41 bits per heavy atom. The van der Waals surface area contributed by atoms with Crippen LogP contribution >= 0.6 is 11.3 Å². The topological polar surface area (TPSA) is 63.8 Å². The number of fused-ring (bicyclic) bond motifs is 1. The molecule has 0 radical (unpaired) electrons. The van der Waals surface area contributed by atoms with Crippen LogP contribution < -0.4 is 11.1 Å². The molecule has 0 saturated carbocycles. The fraction of sp³-hybridized carbons (Fsp3) is 0.500. The van der Waals surface area contributed by atoms with E-state index in [1.165, 1.54) is 4.88 Å². The smallest absolute Gasteiger partial charge is 0.138 e. The highest BCUT2D eigenvalue weighted by Crippen LogP contribution is 2.28. The molecule has 3 N–H and O–H groups in total. The van der Waals surface area contributed by atoms with Gasteiger partial charge in [-0.25, -0.2) is 9.97 Å². The molecule has 5 heteroatoms. The molecule has 2 rings (SSSR count). The minimum atomic E-state index is 0.244. The molecule has 0 aliphatic carbocycles. The third-order valence-electron chi connectivity index (χ3n) is 2.83. The molecule has 92 valence electrons. The van der Waals surface area contributed by atoms with E-state index in [1.54, 1.807) is 17.7 Å². The van der Waals surface area contributed by atoms with Gasteiger partial charge in [-0.05, 0) is 18.9 Å². The number of aryl methyl sites for hydroxylation is 1. The number of anilines is 1. The predicted molar refractivity (Wildman–Crippen MR) is 73.5 cm³/mol. The van der Waals surface area contributed by atoms with Gasteiger partial charge in [0.05, 0.1) is 5.39 Å². The minimum absolute atomic E-state index is 0.244. The summed E-state index contributed by atoms with van der Waals surface area (Å²) in [5.74, 6) is 1.37. The van der Waals surface area contributed by atoms with Crippen LogP contribution in [0.5, 0.6) is 0 Å². The highest BCUT2D eigenvalue weighted by atomic mass is 32.1. The maximum atomic E-state index is 5.77. The lowest BCUT2D eigenvalue weighted by molar-refractivity contribution is 0.530. The Morgan fingerprint density at radius 2 is 2.18 bits per heavy atom. The number of nitrogens with one attached hydrogen (secondary N) is 1. The first-order chi connectivity index (χ1) is 8.11. The van der Waals surface area contributed by atoms with E-state index < -0.39 is 0 Å². The minimum Gasteiger partial charge on any atom is -0.365 e. The van der Waals surface area contributed by atoms with E-state index in [0.29, 0.717) is 12.5 Å². The normalized spacial score (nSPS) is 13.2. The molecule has 2 heterocycles. The molecule has 17 heavy (non-hydrogen) atoms. The summed E-state index contributed by atoms with van der Waals surface area (Å²) in [5, 5.41) is 4.51. The maximum absolute atomic E-state index is 5.77. The van der Waals surface area contributed by atoms with Gasteiger partial charge in [-0.2, -0.15) is 0 Å². The van der Waals surface area contributed by atoms with Gasteiger partial charge in [0.15, 0.2) is 0 Å². The fourth-order valence-corrected chi connectivity index (χ4v) is 2.61. The second kappa shape index (κ2) is 4.98. The average molecular weight is 250 g/mol. The molecule has 0 bridgehead atoms. The molecule has 0 fully saturated rings. The van der Waals surface area contributed by atoms with Gasteiger partial charge in [0.2, 0.25) is 0 Å². The van der Waals surface area contributed by atoms with E-state index in [-0.39, 0.29) is 6.04 Å². The summed E-state index contributed by atoms with van der Waals surface area (Å²) in [6, 6.07) is 2.37. The molecule has 0 spiro atoms. The highest BCUT2D eigenvalue weighted by molar-refractivity contribution is 7.18. The Morgan fingerprint density at radius 3 is 2.82 bits per heavy atom. The summed E-state index contributed by atoms with van der Waals surface area (Å²) in [7, 11) is 0. The van der Waals surface area contributed by atoms with Crippen LogP contribution in [0.15, 0.2) is 12.4 Å². The molecule has 0 aliphatic rings. The zero-order valence-corrected chi connectivity index (χ0v) is 11.2. The molecule has 2 aromatic rings. The first-order valence-electron chi connectivity index (χ1n) is 5.79. The van der Waals surface area contributed by atoms with Crippen molar-refractivity contribution in [2.45, 2.75) is 26.8 Å². The molecule has 0 aromatic carbocycles. The first kappa shape index (κ1) is 12.3. The summed E-state index contributed by atoms with van der Waals surface area (Å²) in [6.45, 7) is 6.99. The number of hydrogen-bond acceptors (Lipinski definition) is 5. The summed E-state index contributed by atoms with van der Waals surface area (Å²) in [4.78, 5) is 10.9. The lowest BCUT2D eigenvalue weighted by Crippen LogP contribution is -2.34. The molecule has 4 nitrogen and oxygen atoms in total. The molecule has 0 aliphatic heterocycles. The average Bonchev–Trinajstić information content (AvgIpc) is 2.66. The predicted octanol–water partition coefficient (Wildman–Crippen LogP) is 2.39. The van der Waals surface area contributed by atoms with E-state index in [9.17, 15) is 0 Å². The van der Waals surface area contributed by atoms with Gasteiger partial charge < -0.3 is 11.1 Å². The number of hydrogen-bond donors (Lipinski definition) is 2. The van der Waals surface area contributed by atoms with E-state index in [0.717, 1.165) is 16.0 Å². The van der Waals surface area contributed by atoms with Crippen molar-refractivity contribution in [1.82, 2.24) is 9.97 Å². The van der Waals surface area contributed by atoms with Crippen LogP contribution in [0.3, 0.4) is 0 Å². The Hall–Kier alpha value is -1.20. The molecule has 1 atom stereocenters. The van der Waals surface area contributed by atoms with Gasteiger partial charge in [-0.3, -0.25) is 0 Å². The molecule has 0 saturated heterocycles. The standard InChI is InChI=1S/C12H18N4S/c1-7(2)10(5-13)16-11-9-4-8(3)17-12(9)15-6-14-11/h4,6-7,10H,5,13H2,1-3H3,(H,14,15,16). The van der Waals surface area contributed by atoms with Crippen molar-refractivity contribution in [3.8, 4) is 0 Å². The van der Waals surface area contributed by atoms with Crippen molar-refractivity contribution in [2.24, 2.45) is 11.7 Å². The van der Waals surface area contributed by atoms with E-state index in [1.807, 2.05) is 0 Å². The van der Waals surface area contributed by atoms with E-state index in [4.69, 9.17) is 5.73 Å². The van der Waals surface area contributed by atoms with Crippen LogP contribution in [0, 0.1) is 12.8 Å². The van der Waals surface area contributed by atoms with Crippen molar-refractivity contribution in [3.05, 3.63) is 17.3 Å². The van der Waals surface area contributed by atoms with Gasteiger partial charge in [-0.1, -0.05) is 13.8 Å².